The molecule has 0 aromatic heterocycles. The van der Waals surface area contributed by atoms with Gasteiger partial charge in [0.1, 0.15) is 4.90 Å². The fraction of sp³-hybridized carbons (Fsp3) is 0. The predicted octanol–water partition coefficient (Wildman–Crippen LogP) is 1.64. The topological polar surface area (TPSA) is 143 Å². The Labute approximate surface area is 148 Å². The van der Waals surface area contributed by atoms with Gasteiger partial charge in [0.05, 0.1) is 10.5 Å². The number of hydrogen-bond acceptors (Lipinski definition) is 6. The van der Waals surface area contributed by atoms with Gasteiger partial charge in [-0.1, -0.05) is 30.3 Å². The Bertz CT molecular complexity index is 1170. The van der Waals surface area contributed by atoms with Crippen LogP contribution in [0.15, 0.2) is 57.8 Å². The molecule has 1 aliphatic rings. The molecule has 26 heavy (non-hydrogen) atoms. The van der Waals surface area contributed by atoms with E-state index in [9.17, 15) is 31.0 Å². The SMILES string of the molecule is O=C1C(=Cc2ccc(S(=O)(=O)O)cc2S(=O)(=O)O)C(=O)c2ccccc21. The molecule has 0 unspecified atom stereocenters. The summed E-state index contributed by atoms with van der Waals surface area (Å²) in [6, 6.07) is 8.41. The van der Waals surface area contributed by atoms with E-state index in [1.165, 1.54) is 12.1 Å². The molecule has 0 atom stereocenters. The van der Waals surface area contributed by atoms with Crippen molar-refractivity contribution >= 4 is 37.9 Å². The lowest BCUT2D eigenvalue weighted by Gasteiger charge is -2.06. The summed E-state index contributed by atoms with van der Waals surface area (Å²) in [6.07, 6.45) is 0.960. The van der Waals surface area contributed by atoms with Crippen LogP contribution in [-0.2, 0) is 20.2 Å². The average Bonchev–Trinajstić information content (AvgIpc) is 2.79. The quantitative estimate of drug-likeness (QED) is 0.454. The fourth-order valence-corrected chi connectivity index (χ4v) is 3.86. The second kappa shape index (κ2) is 5.95. The molecule has 0 bridgehead atoms. The first-order chi connectivity index (χ1) is 12.0. The number of carbonyl (C=O) groups is 2. The first-order valence-corrected chi connectivity index (χ1v) is 9.87. The van der Waals surface area contributed by atoms with Crippen molar-refractivity contribution in [3.8, 4) is 0 Å². The van der Waals surface area contributed by atoms with Gasteiger partial charge in [0.25, 0.3) is 20.2 Å². The van der Waals surface area contributed by atoms with E-state index in [0.29, 0.717) is 6.07 Å². The van der Waals surface area contributed by atoms with Crippen LogP contribution in [0.5, 0.6) is 0 Å². The molecule has 0 fully saturated rings. The molecular formula is C16H10O8S2. The molecule has 0 saturated carbocycles. The van der Waals surface area contributed by atoms with Crippen molar-refractivity contribution in [2.45, 2.75) is 9.79 Å². The Balaban J connectivity index is 2.22. The van der Waals surface area contributed by atoms with E-state index in [1.54, 1.807) is 12.1 Å². The summed E-state index contributed by atoms with van der Waals surface area (Å²) in [7, 11) is -9.63. The number of benzene rings is 2. The number of rotatable bonds is 3. The Morgan fingerprint density at radius 3 is 1.77 bits per heavy atom. The van der Waals surface area contributed by atoms with Crippen LogP contribution < -0.4 is 0 Å². The molecule has 2 aromatic carbocycles. The van der Waals surface area contributed by atoms with Crippen LogP contribution in [0.4, 0.5) is 0 Å². The molecule has 0 amide bonds. The minimum absolute atomic E-state index is 0.159. The lowest BCUT2D eigenvalue weighted by atomic mass is 10.1. The minimum Gasteiger partial charge on any atom is -0.288 e. The molecule has 0 aliphatic heterocycles. The van der Waals surface area contributed by atoms with Gasteiger partial charge in [0, 0.05) is 11.1 Å². The van der Waals surface area contributed by atoms with Crippen LogP contribution in [0, 0.1) is 0 Å². The normalized spacial score (nSPS) is 14.5. The zero-order chi connectivity index (χ0) is 19.3. The fourth-order valence-electron chi connectivity index (χ4n) is 2.58. The van der Waals surface area contributed by atoms with E-state index < -0.39 is 41.6 Å². The summed E-state index contributed by atoms with van der Waals surface area (Å²) in [5.74, 6) is -1.24. The highest BCUT2D eigenvalue weighted by atomic mass is 32.2. The largest absolute Gasteiger partial charge is 0.295 e. The number of Topliss-reactive ketones (excluding diaryl/α,β-unsaturated/α-hetero) is 2. The highest BCUT2D eigenvalue weighted by Crippen LogP contribution is 2.30. The van der Waals surface area contributed by atoms with Crippen LogP contribution in [0.1, 0.15) is 26.3 Å². The first-order valence-electron chi connectivity index (χ1n) is 6.99. The lowest BCUT2D eigenvalue weighted by molar-refractivity contribution is 0.0990. The highest BCUT2D eigenvalue weighted by Gasteiger charge is 2.33. The van der Waals surface area contributed by atoms with Crippen LogP contribution in [0.3, 0.4) is 0 Å². The molecule has 2 N–H and O–H groups in total. The lowest BCUT2D eigenvalue weighted by Crippen LogP contribution is -2.07. The van der Waals surface area contributed by atoms with Gasteiger partial charge >= 0.3 is 0 Å². The summed E-state index contributed by atoms with van der Waals surface area (Å²) in [5, 5.41) is 0. The summed E-state index contributed by atoms with van der Waals surface area (Å²) in [4.78, 5) is 23.1. The summed E-state index contributed by atoms with van der Waals surface area (Å²) in [5.41, 5.74) is -0.279. The van der Waals surface area contributed by atoms with Crippen molar-refractivity contribution in [2.75, 3.05) is 0 Å². The van der Waals surface area contributed by atoms with Crippen LogP contribution in [0.2, 0.25) is 0 Å². The van der Waals surface area contributed by atoms with Crippen LogP contribution >= 0.6 is 0 Å². The van der Waals surface area contributed by atoms with Crippen molar-refractivity contribution in [3.05, 3.63) is 64.7 Å². The van der Waals surface area contributed by atoms with Gasteiger partial charge in [0.15, 0.2) is 11.6 Å². The molecule has 0 heterocycles. The molecule has 1 aliphatic carbocycles. The number of allylic oxidation sites excluding steroid dienone is 1. The maximum Gasteiger partial charge on any atom is 0.295 e. The van der Waals surface area contributed by atoms with Gasteiger partial charge in [0.2, 0.25) is 0 Å². The number of fused-ring (bicyclic) bond motifs is 1. The average molecular weight is 394 g/mol. The molecule has 0 radical (unpaired) electrons. The third kappa shape index (κ3) is 3.10. The van der Waals surface area contributed by atoms with Gasteiger partial charge in [-0.2, -0.15) is 16.8 Å². The standard InChI is InChI=1S/C16H10O8S2/c17-15-11-3-1-2-4-12(11)16(18)13(15)7-9-5-6-10(25(19,20)21)8-14(9)26(22,23)24/h1-8H,(H,19,20,21)(H,22,23,24). The smallest absolute Gasteiger partial charge is 0.288 e. The Morgan fingerprint density at radius 2 is 1.31 bits per heavy atom. The van der Waals surface area contributed by atoms with E-state index in [-0.39, 0.29) is 22.3 Å². The van der Waals surface area contributed by atoms with Gasteiger partial charge in [-0.05, 0) is 23.8 Å². The summed E-state index contributed by atoms with van der Waals surface area (Å²) >= 11 is 0. The second-order valence-corrected chi connectivity index (χ2v) is 8.22. The van der Waals surface area contributed by atoms with Crippen molar-refractivity contribution in [2.24, 2.45) is 0 Å². The van der Waals surface area contributed by atoms with Crippen molar-refractivity contribution in [1.29, 1.82) is 0 Å². The number of carbonyl (C=O) groups excluding carboxylic acids is 2. The molecule has 134 valence electrons. The highest BCUT2D eigenvalue weighted by molar-refractivity contribution is 7.86. The maximum atomic E-state index is 12.4. The third-order valence-electron chi connectivity index (χ3n) is 3.77. The molecule has 2 aromatic rings. The molecule has 8 nitrogen and oxygen atoms in total. The van der Waals surface area contributed by atoms with E-state index in [2.05, 4.69) is 0 Å². The van der Waals surface area contributed by atoms with Gasteiger partial charge < -0.3 is 0 Å². The van der Waals surface area contributed by atoms with Crippen molar-refractivity contribution in [1.82, 2.24) is 0 Å². The Hall–Kier alpha value is -2.66. The molecular weight excluding hydrogens is 384 g/mol. The first kappa shape index (κ1) is 18.1. The maximum absolute atomic E-state index is 12.4. The third-order valence-corrected chi connectivity index (χ3v) is 5.53. The molecule has 3 rings (SSSR count). The zero-order valence-electron chi connectivity index (χ0n) is 12.8. The van der Waals surface area contributed by atoms with Gasteiger partial charge in [-0.3, -0.25) is 18.7 Å². The van der Waals surface area contributed by atoms with E-state index in [4.69, 9.17) is 4.55 Å². The monoisotopic (exact) mass is 394 g/mol. The van der Waals surface area contributed by atoms with Crippen molar-refractivity contribution < 1.29 is 35.5 Å². The minimum atomic E-state index is -4.90. The Morgan fingerprint density at radius 1 is 0.769 bits per heavy atom. The number of ketones is 2. The molecule has 0 saturated heterocycles. The van der Waals surface area contributed by atoms with E-state index in [0.717, 1.165) is 18.2 Å². The number of hydrogen-bond donors (Lipinski definition) is 2. The van der Waals surface area contributed by atoms with Crippen LogP contribution in [-0.4, -0.2) is 37.5 Å². The van der Waals surface area contributed by atoms with Crippen LogP contribution in [0.25, 0.3) is 6.08 Å². The van der Waals surface area contributed by atoms with E-state index in [1.807, 2.05) is 0 Å². The van der Waals surface area contributed by atoms with Crippen molar-refractivity contribution in [3.63, 3.8) is 0 Å². The van der Waals surface area contributed by atoms with Gasteiger partial charge in [-0.15, -0.1) is 0 Å². The zero-order valence-corrected chi connectivity index (χ0v) is 14.4. The van der Waals surface area contributed by atoms with E-state index >= 15 is 0 Å². The molecule has 0 spiro atoms. The van der Waals surface area contributed by atoms with Gasteiger partial charge in [-0.25, -0.2) is 0 Å². The predicted molar refractivity (Wildman–Crippen MR) is 89.2 cm³/mol. The second-order valence-electron chi connectivity index (χ2n) is 5.41. The summed E-state index contributed by atoms with van der Waals surface area (Å²) < 4.78 is 63.9. The summed E-state index contributed by atoms with van der Waals surface area (Å²) in [6.45, 7) is 0. The molecule has 10 heteroatoms. The Kier molecular flexibility index (Phi) is 4.15.